The maximum absolute atomic E-state index is 10.9. The van der Waals surface area contributed by atoms with Crippen LogP contribution < -0.4 is 5.32 Å². The van der Waals surface area contributed by atoms with Gasteiger partial charge in [0.05, 0.1) is 17.1 Å². The minimum Gasteiger partial charge on any atom is -0.476 e. The highest BCUT2D eigenvalue weighted by Crippen LogP contribution is 2.25. The topological polar surface area (TPSA) is 80.0 Å². The molecule has 7 heteroatoms. The fourth-order valence-electron chi connectivity index (χ4n) is 1.65. The van der Waals surface area contributed by atoms with E-state index in [9.17, 15) is 4.79 Å². The van der Waals surface area contributed by atoms with Gasteiger partial charge < -0.3 is 10.4 Å². The van der Waals surface area contributed by atoms with Gasteiger partial charge >= 0.3 is 5.97 Å². The molecule has 0 fully saturated rings. The Kier molecular flexibility index (Phi) is 3.20. The summed E-state index contributed by atoms with van der Waals surface area (Å²) >= 11 is 5.94. The summed E-state index contributed by atoms with van der Waals surface area (Å²) in [5.41, 5.74) is 1.81. The van der Waals surface area contributed by atoms with Crippen molar-refractivity contribution < 1.29 is 9.90 Å². The quantitative estimate of drug-likeness (QED) is 0.888. The number of hydrogen-bond acceptors (Lipinski definition) is 4. The van der Waals surface area contributed by atoms with E-state index in [0.717, 1.165) is 5.69 Å². The lowest BCUT2D eigenvalue weighted by molar-refractivity contribution is 0.0689. The summed E-state index contributed by atoms with van der Waals surface area (Å²) in [5, 5.41) is 20.0. The normalized spacial score (nSPS) is 10.4. The zero-order chi connectivity index (χ0) is 13.3. The molecule has 0 aliphatic rings. The average molecular weight is 267 g/mol. The first-order valence-electron chi connectivity index (χ1n) is 5.18. The zero-order valence-electron chi connectivity index (χ0n) is 9.81. The number of carboxylic acid groups (broad SMARTS) is 1. The fraction of sp³-hybridized carbons (Fsp3) is 0.182. The van der Waals surface area contributed by atoms with Crippen LogP contribution in [-0.2, 0) is 0 Å². The molecule has 0 aliphatic heterocycles. The van der Waals surface area contributed by atoms with E-state index >= 15 is 0 Å². The van der Waals surface area contributed by atoms with E-state index < -0.39 is 5.97 Å². The van der Waals surface area contributed by atoms with Gasteiger partial charge in [-0.15, -0.1) is 5.10 Å². The molecule has 0 bridgehead atoms. The van der Waals surface area contributed by atoms with Crippen molar-refractivity contribution in [3.8, 4) is 5.69 Å². The Morgan fingerprint density at radius 3 is 2.78 bits per heavy atom. The monoisotopic (exact) mass is 266 g/mol. The van der Waals surface area contributed by atoms with Crippen LogP contribution in [0.15, 0.2) is 18.2 Å². The van der Waals surface area contributed by atoms with Crippen molar-refractivity contribution in [3.05, 3.63) is 34.6 Å². The molecule has 2 N–H and O–H groups in total. The molecule has 1 heterocycles. The van der Waals surface area contributed by atoms with Gasteiger partial charge in [-0.05, 0) is 25.1 Å². The molecule has 0 radical (unpaired) electrons. The van der Waals surface area contributed by atoms with Gasteiger partial charge in [0.25, 0.3) is 0 Å². The lowest BCUT2D eigenvalue weighted by Gasteiger charge is -2.10. The highest BCUT2D eigenvalue weighted by Gasteiger charge is 2.17. The third-order valence-corrected chi connectivity index (χ3v) is 2.79. The second-order valence-electron chi connectivity index (χ2n) is 3.65. The molecule has 0 spiro atoms. The van der Waals surface area contributed by atoms with Crippen molar-refractivity contribution >= 4 is 23.3 Å². The van der Waals surface area contributed by atoms with Gasteiger partial charge in [0.15, 0.2) is 5.69 Å². The number of aromatic carboxylic acids is 1. The van der Waals surface area contributed by atoms with Gasteiger partial charge in [-0.25, -0.2) is 9.48 Å². The summed E-state index contributed by atoms with van der Waals surface area (Å²) in [6, 6.07) is 5.22. The number of anilines is 1. The largest absolute Gasteiger partial charge is 0.476 e. The smallest absolute Gasteiger partial charge is 0.358 e. The second kappa shape index (κ2) is 4.66. The number of rotatable bonds is 3. The van der Waals surface area contributed by atoms with Crippen molar-refractivity contribution in [3.63, 3.8) is 0 Å². The molecule has 2 rings (SSSR count). The molecule has 0 amide bonds. The van der Waals surface area contributed by atoms with Crippen LogP contribution in [0.25, 0.3) is 5.69 Å². The van der Waals surface area contributed by atoms with Crippen LogP contribution in [-0.4, -0.2) is 33.1 Å². The molecule has 18 heavy (non-hydrogen) atoms. The SMILES string of the molecule is CNc1ccc(Cl)cc1-n1nnc(C(=O)O)c1C. The van der Waals surface area contributed by atoms with E-state index in [1.54, 1.807) is 32.2 Å². The van der Waals surface area contributed by atoms with Gasteiger partial charge in [-0.3, -0.25) is 0 Å². The Hall–Kier alpha value is -2.08. The van der Waals surface area contributed by atoms with Crippen molar-refractivity contribution in [1.82, 2.24) is 15.0 Å². The van der Waals surface area contributed by atoms with Crippen LogP contribution in [0.2, 0.25) is 5.02 Å². The first-order chi connectivity index (χ1) is 8.54. The van der Waals surface area contributed by atoms with E-state index in [1.807, 2.05) is 0 Å². The molecule has 0 atom stereocenters. The molecule has 1 aromatic carbocycles. The Bertz CT molecular complexity index is 609. The van der Waals surface area contributed by atoms with Gasteiger partial charge in [0.1, 0.15) is 0 Å². The van der Waals surface area contributed by atoms with Crippen LogP contribution in [0, 0.1) is 6.92 Å². The molecule has 1 aromatic heterocycles. The number of nitrogens with one attached hydrogen (secondary N) is 1. The van der Waals surface area contributed by atoms with Crippen LogP contribution in [0.1, 0.15) is 16.2 Å². The minimum atomic E-state index is -1.10. The van der Waals surface area contributed by atoms with Crippen molar-refractivity contribution in [2.45, 2.75) is 6.92 Å². The summed E-state index contributed by atoms with van der Waals surface area (Å²) in [6.45, 7) is 1.64. The molecule has 2 aromatic rings. The maximum Gasteiger partial charge on any atom is 0.358 e. The van der Waals surface area contributed by atoms with Crippen molar-refractivity contribution in [2.24, 2.45) is 0 Å². The molecule has 0 saturated carbocycles. The van der Waals surface area contributed by atoms with E-state index in [-0.39, 0.29) is 5.69 Å². The van der Waals surface area contributed by atoms with Crippen LogP contribution in [0.4, 0.5) is 5.69 Å². The van der Waals surface area contributed by atoms with E-state index in [0.29, 0.717) is 16.4 Å². The van der Waals surface area contributed by atoms with E-state index in [1.165, 1.54) is 4.68 Å². The number of benzene rings is 1. The minimum absolute atomic E-state index is 0.0722. The number of nitrogens with zero attached hydrogens (tertiary/aromatic N) is 3. The maximum atomic E-state index is 10.9. The van der Waals surface area contributed by atoms with Crippen LogP contribution in [0.3, 0.4) is 0 Å². The molecule has 0 saturated heterocycles. The van der Waals surface area contributed by atoms with E-state index in [4.69, 9.17) is 16.7 Å². The molecule has 0 aliphatic carbocycles. The summed E-state index contributed by atoms with van der Waals surface area (Å²) < 4.78 is 1.45. The summed E-state index contributed by atoms with van der Waals surface area (Å²) in [6.07, 6.45) is 0. The summed E-state index contributed by atoms with van der Waals surface area (Å²) in [7, 11) is 1.76. The predicted molar refractivity (Wildman–Crippen MR) is 67.6 cm³/mol. The van der Waals surface area contributed by atoms with Crippen molar-refractivity contribution in [2.75, 3.05) is 12.4 Å². The van der Waals surface area contributed by atoms with Gasteiger partial charge in [-0.1, -0.05) is 16.8 Å². The predicted octanol–water partition coefficient (Wildman–Crippen LogP) is 1.97. The summed E-state index contributed by atoms with van der Waals surface area (Å²) in [5.74, 6) is -1.10. The number of carboxylic acids is 1. The Morgan fingerprint density at radius 1 is 1.50 bits per heavy atom. The second-order valence-corrected chi connectivity index (χ2v) is 4.09. The number of carbonyl (C=O) groups is 1. The van der Waals surface area contributed by atoms with Crippen LogP contribution in [0.5, 0.6) is 0 Å². The Labute approximate surface area is 108 Å². The lowest BCUT2D eigenvalue weighted by Crippen LogP contribution is -2.05. The Balaban J connectivity index is 2.61. The number of halogens is 1. The molecule has 6 nitrogen and oxygen atoms in total. The van der Waals surface area contributed by atoms with Gasteiger partial charge in [-0.2, -0.15) is 0 Å². The van der Waals surface area contributed by atoms with Crippen LogP contribution >= 0.6 is 11.6 Å². The lowest BCUT2D eigenvalue weighted by atomic mass is 10.2. The molecular formula is C11H11ClN4O2. The third kappa shape index (κ3) is 2.02. The number of aromatic nitrogens is 3. The fourth-order valence-corrected chi connectivity index (χ4v) is 1.81. The van der Waals surface area contributed by atoms with Gasteiger partial charge in [0.2, 0.25) is 0 Å². The highest BCUT2D eigenvalue weighted by atomic mass is 35.5. The molecule has 0 unspecified atom stereocenters. The van der Waals surface area contributed by atoms with Gasteiger partial charge in [0, 0.05) is 12.1 Å². The molecular weight excluding hydrogens is 256 g/mol. The standard InChI is InChI=1S/C11H11ClN4O2/c1-6-10(11(17)18)14-15-16(6)9-5-7(12)3-4-8(9)13-2/h3-5,13H,1-2H3,(H,17,18). The Morgan fingerprint density at radius 2 is 2.22 bits per heavy atom. The third-order valence-electron chi connectivity index (χ3n) is 2.55. The first kappa shape index (κ1) is 12.4. The first-order valence-corrected chi connectivity index (χ1v) is 5.55. The molecule has 94 valence electrons. The average Bonchev–Trinajstić information content (AvgIpc) is 2.71. The summed E-state index contributed by atoms with van der Waals surface area (Å²) in [4.78, 5) is 10.9. The highest BCUT2D eigenvalue weighted by molar-refractivity contribution is 6.30. The zero-order valence-corrected chi connectivity index (χ0v) is 10.6. The van der Waals surface area contributed by atoms with Crippen molar-refractivity contribution in [1.29, 1.82) is 0 Å². The number of hydrogen-bond donors (Lipinski definition) is 2. The van der Waals surface area contributed by atoms with E-state index in [2.05, 4.69) is 15.6 Å².